The maximum Gasteiger partial charge on any atom is 0.345 e. The first-order valence-electron chi connectivity index (χ1n) is 6.44. The molecule has 1 saturated carbocycles. The molecule has 6 nitrogen and oxygen atoms in total. The zero-order chi connectivity index (χ0) is 14.3. The molecule has 4 amide bonds. The number of thioether (sulfide) groups is 1. The lowest BCUT2D eigenvalue weighted by atomic mass is 9.96. The molecule has 0 atom stereocenters. The van der Waals surface area contributed by atoms with Crippen LogP contribution in [0.3, 0.4) is 0 Å². The average molecular weight is 286 g/mol. The highest BCUT2D eigenvalue weighted by atomic mass is 32.2. The molecule has 0 unspecified atom stereocenters. The molecule has 2 N–H and O–H groups in total. The van der Waals surface area contributed by atoms with Crippen molar-refractivity contribution < 1.29 is 9.59 Å². The van der Waals surface area contributed by atoms with Crippen LogP contribution in [0.5, 0.6) is 0 Å². The summed E-state index contributed by atoms with van der Waals surface area (Å²) >= 11 is 1.24. The van der Waals surface area contributed by atoms with Gasteiger partial charge in [-0.2, -0.15) is 4.99 Å². The summed E-state index contributed by atoms with van der Waals surface area (Å²) in [6.45, 7) is 0. The van der Waals surface area contributed by atoms with Crippen LogP contribution in [0.2, 0.25) is 0 Å². The fourth-order valence-electron chi connectivity index (χ4n) is 1.88. The number of amidine groups is 1. The molecule has 0 radical (unpaired) electrons. The molecular weight excluding hydrogens is 264 g/mol. The van der Waals surface area contributed by atoms with Crippen LogP contribution in [0.25, 0.3) is 0 Å². The van der Waals surface area contributed by atoms with Gasteiger partial charge in [-0.3, -0.25) is 5.32 Å². The topological polar surface area (TPSA) is 73.8 Å². The molecule has 0 heterocycles. The molecular formula is C12H22N4O2S. The number of aliphatic imine (C=N–C) groups is 1. The molecule has 0 saturated heterocycles. The molecule has 0 spiro atoms. The summed E-state index contributed by atoms with van der Waals surface area (Å²) in [5.41, 5.74) is 0. The maximum absolute atomic E-state index is 11.8. The Morgan fingerprint density at radius 2 is 1.84 bits per heavy atom. The van der Waals surface area contributed by atoms with Crippen LogP contribution in [0.4, 0.5) is 9.59 Å². The Morgan fingerprint density at radius 3 is 2.37 bits per heavy atom. The second-order valence-electron chi connectivity index (χ2n) is 4.73. The minimum atomic E-state index is -0.387. The third-order valence-corrected chi connectivity index (χ3v) is 3.51. The van der Waals surface area contributed by atoms with E-state index in [2.05, 4.69) is 15.6 Å². The van der Waals surface area contributed by atoms with Crippen molar-refractivity contribution in [1.29, 1.82) is 0 Å². The first-order chi connectivity index (χ1) is 9.02. The molecule has 0 bridgehead atoms. The summed E-state index contributed by atoms with van der Waals surface area (Å²) in [6, 6.07) is -0.435. The smallest absolute Gasteiger partial charge is 0.335 e. The van der Waals surface area contributed by atoms with Gasteiger partial charge in [-0.05, 0) is 19.1 Å². The number of carbonyl (C=O) groups excluding carboxylic acids is 2. The van der Waals surface area contributed by atoms with Crippen LogP contribution in [-0.2, 0) is 0 Å². The Hall–Kier alpha value is -1.24. The lowest BCUT2D eigenvalue weighted by molar-refractivity contribution is 0.227. The third-order valence-electron chi connectivity index (χ3n) is 2.93. The summed E-state index contributed by atoms with van der Waals surface area (Å²) in [5.74, 6) is 0. The fraction of sp³-hybridized carbons (Fsp3) is 0.750. The summed E-state index contributed by atoms with van der Waals surface area (Å²) in [7, 11) is 3.23. The van der Waals surface area contributed by atoms with Crippen molar-refractivity contribution in [1.82, 2.24) is 15.5 Å². The van der Waals surface area contributed by atoms with E-state index in [0.29, 0.717) is 5.17 Å². The van der Waals surface area contributed by atoms with Crippen molar-refractivity contribution in [3.05, 3.63) is 0 Å². The minimum absolute atomic E-state index is 0.237. The van der Waals surface area contributed by atoms with Gasteiger partial charge in [0.05, 0.1) is 0 Å². The first-order valence-corrected chi connectivity index (χ1v) is 7.67. The Kier molecular flexibility index (Phi) is 6.69. The predicted octanol–water partition coefficient (Wildman–Crippen LogP) is 2.02. The van der Waals surface area contributed by atoms with Crippen LogP contribution >= 0.6 is 11.8 Å². The summed E-state index contributed by atoms with van der Waals surface area (Å²) in [5, 5.41) is 5.84. The molecule has 1 fully saturated rings. The number of urea groups is 2. The van der Waals surface area contributed by atoms with Gasteiger partial charge < -0.3 is 10.2 Å². The third kappa shape index (κ3) is 5.96. The highest BCUT2D eigenvalue weighted by Gasteiger charge is 2.16. The van der Waals surface area contributed by atoms with Gasteiger partial charge in [0.2, 0.25) is 0 Å². The zero-order valence-corrected chi connectivity index (χ0v) is 12.5. The van der Waals surface area contributed by atoms with E-state index in [9.17, 15) is 9.59 Å². The maximum atomic E-state index is 11.8. The van der Waals surface area contributed by atoms with Gasteiger partial charge >= 0.3 is 12.1 Å². The molecule has 19 heavy (non-hydrogen) atoms. The van der Waals surface area contributed by atoms with Crippen molar-refractivity contribution in [3.63, 3.8) is 0 Å². The van der Waals surface area contributed by atoms with Crippen LogP contribution in [0.15, 0.2) is 4.99 Å². The van der Waals surface area contributed by atoms with E-state index in [4.69, 9.17) is 0 Å². The van der Waals surface area contributed by atoms with Crippen molar-refractivity contribution >= 4 is 29.0 Å². The number of carbonyl (C=O) groups is 2. The van der Waals surface area contributed by atoms with E-state index in [0.717, 1.165) is 25.7 Å². The van der Waals surface area contributed by atoms with Crippen molar-refractivity contribution in [2.24, 2.45) is 4.99 Å². The highest BCUT2D eigenvalue weighted by molar-refractivity contribution is 8.13. The quantitative estimate of drug-likeness (QED) is 0.572. The van der Waals surface area contributed by atoms with Crippen molar-refractivity contribution in [2.75, 3.05) is 20.4 Å². The van der Waals surface area contributed by atoms with Gasteiger partial charge in [0, 0.05) is 20.1 Å². The van der Waals surface area contributed by atoms with E-state index in [1.165, 1.54) is 23.1 Å². The standard InChI is InChI=1S/C12H22N4O2S/c1-16(2)12(18)15-11(19-3)14-10(17)13-9-7-5-4-6-8-9/h9H,4-8H2,1-3H3,(H2,13,14,15,17,18). The summed E-state index contributed by atoms with van der Waals surface area (Å²) in [6.07, 6.45) is 7.38. The SMILES string of the molecule is CSC(=NC(=O)N(C)C)NC(=O)NC1CCCCC1. The molecule has 7 heteroatoms. The highest BCUT2D eigenvalue weighted by Crippen LogP contribution is 2.17. The van der Waals surface area contributed by atoms with Crippen molar-refractivity contribution in [3.8, 4) is 0 Å². The first kappa shape index (κ1) is 15.8. The van der Waals surface area contributed by atoms with E-state index >= 15 is 0 Å². The molecule has 1 aliphatic carbocycles. The Morgan fingerprint density at radius 1 is 1.21 bits per heavy atom. The summed E-state index contributed by atoms with van der Waals surface area (Å²) in [4.78, 5) is 28.4. The van der Waals surface area contributed by atoms with Crippen LogP contribution < -0.4 is 10.6 Å². The average Bonchev–Trinajstić information content (AvgIpc) is 2.38. The molecule has 0 aromatic carbocycles. The van der Waals surface area contributed by atoms with Crippen molar-refractivity contribution in [2.45, 2.75) is 38.1 Å². The lowest BCUT2D eigenvalue weighted by Gasteiger charge is -2.22. The number of hydrogen-bond acceptors (Lipinski definition) is 3. The van der Waals surface area contributed by atoms with E-state index in [-0.39, 0.29) is 18.1 Å². The molecule has 0 aliphatic heterocycles. The van der Waals surface area contributed by atoms with Gasteiger partial charge in [-0.25, -0.2) is 9.59 Å². The van der Waals surface area contributed by atoms with E-state index in [1.54, 1.807) is 20.4 Å². The molecule has 1 aliphatic rings. The van der Waals surface area contributed by atoms with Gasteiger partial charge in [0.25, 0.3) is 0 Å². The van der Waals surface area contributed by atoms with Crippen LogP contribution in [0, 0.1) is 0 Å². The second-order valence-corrected chi connectivity index (χ2v) is 5.53. The normalized spacial score (nSPS) is 16.9. The fourth-order valence-corrected chi connectivity index (χ4v) is 2.24. The Labute approximate surface area is 118 Å². The second kappa shape index (κ2) is 8.04. The number of rotatable bonds is 1. The Bertz CT molecular complexity index is 352. The number of nitrogens with one attached hydrogen (secondary N) is 2. The predicted molar refractivity (Wildman–Crippen MR) is 78.6 cm³/mol. The largest absolute Gasteiger partial charge is 0.345 e. The van der Waals surface area contributed by atoms with Gasteiger partial charge in [-0.15, -0.1) is 0 Å². The number of hydrogen-bond donors (Lipinski definition) is 2. The lowest BCUT2D eigenvalue weighted by Crippen LogP contribution is -2.44. The summed E-state index contributed by atoms with van der Waals surface area (Å²) < 4.78 is 0. The molecule has 0 aromatic rings. The van der Waals surface area contributed by atoms with Gasteiger partial charge in [-0.1, -0.05) is 31.0 Å². The Balaban J connectivity index is 2.46. The molecule has 108 valence electrons. The van der Waals surface area contributed by atoms with E-state index in [1.807, 2.05) is 0 Å². The van der Waals surface area contributed by atoms with Crippen LogP contribution in [-0.4, -0.2) is 48.5 Å². The van der Waals surface area contributed by atoms with Gasteiger partial charge in [0.1, 0.15) is 0 Å². The zero-order valence-electron chi connectivity index (χ0n) is 11.7. The molecule has 0 aromatic heterocycles. The van der Waals surface area contributed by atoms with Crippen LogP contribution in [0.1, 0.15) is 32.1 Å². The monoisotopic (exact) mass is 286 g/mol. The minimum Gasteiger partial charge on any atom is -0.335 e. The number of nitrogens with zero attached hydrogens (tertiary/aromatic N) is 2. The number of amides is 4. The van der Waals surface area contributed by atoms with E-state index < -0.39 is 0 Å². The van der Waals surface area contributed by atoms with Gasteiger partial charge in [0.15, 0.2) is 5.17 Å². The molecule has 1 rings (SSSR count).